The molecule has 2 aromatic carbocycles. The third-order valence-corrected chi connectivity index (χ3v) is 6.48. The minimum Gasteiger partial charge on any atom is -0.368 e. The zero-order chi connectivity index (χ0) is 24.2. The van der Waals surface area contributed by atoms with Gasteiger partial charge in [-0.25, -0.2) is 4.98 Å². The zero-order valence-electron chi connectivity index (χ0n) is 19.3. The number of amides is 1. The van der Waals surface area contributed by atoms with Gasteiger partial charge < -0.3 is 21.0 Å². The molecule has 7 nitrogen and oxygen atoms in total. The molecule has 2 unspecified atom stereocenters. The largest absolute Gasteiger partial charge is 0.368 e. The molecule has 0 aliphatic heterocycles. The quantitative estimate of drug-likeness (QED) is 0.309. The van der Waals surface area contributed by atoms with E-state index in [4.69, 9.17) is 16.5 Å². The van der Waals surface area contributed by atoms with E-state index < -0.39 is 11.9 Å². The molecule has 0 bridgehead atoms. The Morgan fingerprint density at radius 3 is 2.51 bits per heavy atom. The van der Waals surface area contributed by atoms with E-state index in [-0.39, 0.29) is 5.92 Å². The number of H-pyrrole nitrogens is 1. The number of carbonyl (C=O) groups excluding carboxylic acids is 1. The summed E-state index contributed by atoms with van der Waals surface area (Å²) in [5.41, 5.74) is 17.2. The smallest absolute Gasteiger partial charge is 0.235 e. The molecule has 5 aromatic rings. The van der Waals surface area contributed by atoms with Crippen molar-refractivity contribution in [3.63, 3.8) is 0 Å². The number of imidazole rings is 1. The Balaban J connectivity index is 1.58. The molecule has 5 N–H and O–H groups in total. The fourth-order valence-electron chi connectivity index (χ4n) is 4.63. The second kappa shape index (κ2) is 9.95. The van der Waals surface area contributed by atoms with Gasteiger partial charge in [-0.1, -0.05) is 54.6 Å². The fourth-order valence-corrected chi connectivity index (χ4v) is 4.63. The molecule has 7 heteroatoms. The van der Waals surface area contributed by atoms with Crippen LogP contribution in [0.25, 0.3) is 10.9 Å². The molecule has 0 saturated carbocycles. The number of pyridine rings is 1. The number of nitrogens with two attached hydrogens (primary N) is 2. The summed E-state index contributed by atoms with van der Waals surface area (Å²) in [5, 5.41) is 1.11. The van der Waals surface area contributed by atoms with E-state index in [2.05, 4.69) is 32.7 Å². The minimum atomic E-state index is -0.868. The predicted octanol–water partition coefficient (Wildman–Crippen LogP) is 3.54. The van der Waals surface area contributed by atoms with E-state index in [0.717, 1.165) is 39.2 Å². The minimum absolute atomic E-state index is 0.354. The molecule has 5 rings (SSSR count). The number of aromatic nitrogens is 4. The van der Waals surface area contributed by atoms with E-state index in [1.54, 1.807) is 6.20 Å². The highest BCUT2D eigenvalue weighted by molar-refractivity contribution is 5.84. The van der Waals surface area contributed by atoms with E-state index in [1.165, 1.54) is 0 Å². The predicted molar refractivity (Wildman–Crippen MR) is 137 cm³/mol. The van der Waals surface area contributed by atoms with Crippen LogP contribution in [0.4, 0.5) is 0 Å². The Bertz CT molecular complexity index is 1420. The first kappa shape index (κ1) is 22.6. The SMILES string of the molecule is NC(=O)C(N)C(Cc1c[nH]c2ccccc12)c1cnc(Cc2ccccc2)n1Cc1ccccn1. The number of hydrogen-bond acceptors (Lipinski definition) is 4. The summed E-state index contributed by atoms with van der Waals surface area (Å²) in [6, 6.07) is 23.3. The first-order chi connectivity index (χ1) is 17.1. The highest BCUT2D eigenvalue weighted by Gasteiger charge is 2.30. The van der Waals surface area contributed by atoms with E-state index in [9.17, 15) is 4.79 Å². The van der Waals surface area contributed by atoms with Crippen LogP contribution >= 0.6 is 0 Å². The van der Waals surface area contributed by atoms with Crippen molar-refractivity contribution in [2.24, 2.45) is 11.5 Å². The third kappa shape index (κ3) is 4.85. The van der Waals surface area contributed by atoms with E-state index in [0.29, 0.717) is 19.4 Å². The molecule has 35 heavy (non-hydrogen) atoms. The van der Waals surface area contributed by atoms with Crippen molar-refractivity contribution >= 4 is 16.8 Å². The molecule has 0 aliphatic rings. The first-order valence-electron chi connectivity index (χ1n) is 11.7. The standard InChI is InChI=1S/C28H28N6O/c29-27(28(30)35)23(15-20-16-32-24-12-5-4-11-22(20)24)25-17-33-26(14-19-8-2-1-3-9-19)34(25)18-21-10-6-7-13-31-21/h1-13,16-17,23,27,32H,14-15,18,29H2,(H2,30,35). The van der Waals surface area contributed by atoms with Gasteiger partial charge in [-0.3, -0.25) is 9.78 Å². The molecule has 2 atom stereocenters. The average molecular weight is 465 g/mol. The van der Waals surface area contributed by atoms with Crippen LogP contribution in [0.3, 0.4) is 0 Å². The molecule has 176 valence electrons. The van der Waals surface area contributed by atoms with Crippen LogP contribution in [0.15, 0.2) is 91.4 Å². The number of primary amides is 1. The number of carbonyl (C=O) groups is 1. The summed E-state index contributed by atoms with van der Waals surface area (Å²) in [4.78, 5) is 24.9. The van der Waals surface area contributed by atoms with E-state index in [1.807, 2.05) is 67.0 Å². The third-order valence-electron chi connectivity index (χ3n) is 6.48. The van der Waals surface area contributed by atoms with Gasteiger partial charge in [0.25, 0.3) is 0 Å². The fraction of sp³-hybridized carbons (Fsp3) is 0.179. The summed E-state index contributed by atoms with van der Waals surface area (Å²) < 4.78 is 2.14. The molecular weight excluding hydrogens is 436 g/mol. The Morgan fingerprint density at radius 1 is 0.971 bits per heavy atom. The average Bonchev–Trinajstić information content (AvgIpc) is 3.47. The van der Waals surface area contributed by atoms with Crippen LogP contribution < -0.4 is 11.5 Å². The Labute approximate surface area is 203 Å². The number of para-hydroxylation sites is 1. The molecule has 0 fully saturated rings. The lowest BCUT2D eigenvalue weighted by atomic mass is 9.89. The van der Waals surface area contributed by atoms with Gasteiger partial charge in [0.05, 0.1) is 18.3 Å². The maximum absolute atomic E-state index is 12.3. The summed E-state index contributed by atoms with van der Waals surface area (Å²) in [6.07, 6.45) is 6.80. The van der Waals surface area contributed by atoms with Crippen LogP contribution in [0.1, 0.15) is 34.3 Å². The lowest BCUT2D eigenvalue weighted by Crippen LogP contribution is -2.43. The van der Waals surface area contributed by atoms with Crippen LogP contribution in [-0.4, -0.2) is 31.5 Å². The van der Waals surface area contributed by atoms with Crippen LogP contribution in [0, 0.1) is 0 Å². The summed E-state index contributed by atoms with van der Waals surface area (Å²) in [5.74, 6) is -0.00470. The Morgan fingerprint density at radius 2 is 1.74 bits per heavy atom. The number of nitrogens with zero attached hydrogens (tertiary/aromatic N) is 3. The highest BCUT2D eigenvalue weighted by atomic mass is 16.1. The van der Waals surface area contributed by atoms with Crippen molar-refractivity contribution < 1.29 is 4.79 Å². The zero-order valence-corrected chi connectivity index (χ0v) is 19.3. The maximum atomic E-state index is 12.3. The van der Waals surface area contributed by atoms with Crippen molar-refractivity contribution in [2.45, 2.75) is 31.3 Å². The van der Waals surface area contributed by atoms with Gasteiger partial charge in [-0.15, -0.1) is 0 Å². The molecule has 0 saturated heterocycles. The molecule has 0 radical (unpaired) electrons. The van der Waals surface area contributed by atoms with Gasteiger partial charge in [-0.05, 0) is 35.7 Å². The molecule has 0 aliphatic carbocycles. The van der Waals surface area contributed by atoms with Crippen molar-refractivity contribution in [1.82, 2.24) is 19.5 Å². The number of aromatic amines is 1. The van der Waals surface area contributed by atoms with Gasteiger partial charge in [-0.2, -0.15) is 0 Å². The number of fused-ring (bicyclic) bond motifs is 1. The van der Waals surface area contributed by atoms with E-state index >= 15 is 0 Å². The van der Waals surface area contributed by atoms with Gasteiger partial charge >= 0.3 is 0 Å². The summed E-state index contributed by atoms with van der Waals surface area (Å²) >= 11 is 0. The Hall–Kier alpha value is -4.23. The van der Waals surface area contributed by atoms with Gasteiger partial charge in [0.1, 0.15) is 5.82 Å². The number of nitrogens with one attached hydrogen (secondary N) is 1. The molecule has 0 spiro atoms. The van der Waals surface area contributed by atoms with Crippen molar-refractivity contribution in [2.75, 3.05) is 0 Å². The van der Waals surface area contributed by atoms with Crippen molar-refractivity contribution in [3.05, 3.63) is 120 Å². The van der Waals surface area contributed by atoms with Crippen LogP contribution in [0.5, 0.6) is 0 Å². The van der Waals surface area contributed by atoms with Crippen molar-refractivity contribution in [3.8, 4) is 0 Å². The number of hydrogen-bond donors (Lipinski definition) is 3. The molecular formula is C28H28N6O. The van der Waals surface area contributed by atoms with Gasteiger partial charge in [0.15, 0.2) is 0 Å². The van der Waals surface area contributed by atoms with Crippen LogP contribution in [-0.2, 0) is 24.2 Å². The monoisotopic (exact) mass is 464 g/mol. The normalized spacial score (nSPS) is 13.1. The topological polar surface area (TPSA) is 116 Å². The summed E-state index contributed by atoms with van der Waals surface area (Å²) in [7, 11) is 0. The number of benzene rings is 2. The first-order valence-corrected chi connectivity index (χ1v) is 11.7. The summed E-state index contributed by atoms with van der Waals surface area (Å²) in [6.45, 7) is 0.522. The second-order valence-corrected chi connectivity index (χ2v) is 8.77. The van der Waals surface area contributed by atoms with Gasteiger partial charge in [0.2, 0.25) is 5.91 Å². The van der Waals surface area contributed by atoms with Crippen LogP contribution in [0.2, 0.25) is 0 Å². The molecule has 3 aromatic heterocycles. The lowest BCUT2D eigenvalue weighted by Gasteiger charge is -2.24. The Kier molecular flexibility index (Phi) is 6.41. The molecule has 3 heterocycles. The molecule has 1 amide bonds. The highest BCUT2D eigenvalue weighted by Crippen LogP contribution is 2.29. The number of rotatable bonds is 9. The second-order valence-electron chi connectivity index (χ2n) is 8.77. The van der Waals surface area contributed by atoms with Gasteiger partial charge in [0, 0.05) is 47.5 Å². The van der Waals surface area contributed by atoms with Crippen molar-refractivity contribution in [1.29, 1.82) is 0 Å². The maximum Gasteiger partial charge on any atom is 0.235 e. The lowest BCUT2D eigenvalue weighted by molar-refractivity contribution is -0.119.